The predicted molar refractivity (Wildman–Crippen MR) is 137 cm³/mol. The van der Waals surface area contributed by atoms with Crippen molar-refractivity contribution in [1.82, 2.24) is 10.1 Å². The van der Waals surface area contributed by atoms with E-state index in [9.17, 15) is 15.0 Å². The Balaban J connectivity index is 1.42. The molecule has 8 nitrogen and oxygen atoms in total. The van der Waals surface area contributed by atoms with E-state index in [1.165, 1.54) is 4.90 Å². The summed E-state index contributed by atoms with van der Waals surface area (Å²) in [5, 5.41) is 34.7. The number of ether oxygens (including phenoxy) is 1. The number of carboxylic acid groups (broad SMARTS) is 1. The largest absolute Gasteiger partial charge is 0.494 e. The van der Waals surface area contributed by atoms with Crippen molar-refractivity contribution in [1.29, 1.82) is 0 Å². The minimum atomic E-state index is -1.56. The molecule has 4 rings (SSSR count). The van der Waals surface area contributed by atoms with Crippen LogP contribution in [0.4, 0.5) is 4.79 Å². The van der Waals surface area contributed by atoms with Crippen molar-refractivity contribution in [2.45, 2.75) is 25.0 Å². The molecule has 1 aromatic heterocycles. The van der Waals surface area contributed by atoms with E-state index in [2.05, 4.69) is 5.16 Å². The molecule has 0 spiro atoms. The highest BCUT2D eigenvalue weighted by atomic mass is 16.5. The number of nitrogens with zero attached hydrogens (tertiary/aromatic N) is 2. The summed E-state index contributed by atoms with van der Waals surface area (Å²) in [5.74, 6) is 1.01. The molecule has 0 saturated carbocycles. The monoisotopic (exact) mass is 502 g/mol. The number of hydrogen-bond acceptors (Lipinski definition) is 6. The smallest absolute Gasteiger partial charge is 0.407 e. The van der Waals surface area contributed by atoms with Gasteiger partial charge in [0.15, 0.2) is 11.4 Å². The molecule has 0 fully saturated rings. The van der Waals surface area contributed by atoms with Crippen LogP contribution in [0.3, 0.4) is 0 Å². The van der Waals surface area contributed by atoms with Gasteiger partial charge >= 0.3 is 6.09 Å². The summed E-state index contributed by atoms with van der Waals surface area (Å²) in [6.45, 7) is 0.649. The number of amides is 1. The third-order valence-corrected chi connectivity index (χ3v) is 6.09. The lowest BCUT2D eigenvalue weighted by Crippen LogP contribution is -2.31. The molecular formula is C29H30N2O6. The molecule has 1 amide bonds. The molecule has 192 valence electrons. The average Bonchev–Trinajstić information content (AvgIpc) is 3.41. The van der Waals surface area contributed by atoms with Gasteiger partial charge in [-0.15, -0.1) is 0 Å². The van der Waals surface area contributed by atoms with Crippen LogP contribution in [0, 0.1) is 0 Å². The van der Waals surface area contributed by atoms with Gasteiger partial charge in [-0.25, -0.2) is 4.79 Å². The summed E-state index contributed by atoms with van der Waals surface area (Å²) in [6.07, 6.45) is -0.0257. The number of benzene rings is 3. The highest BCUT2D eigenvalue weighted by Crippen LogP contribution is 2.36. The molecule has 1 heterocycles. The summed E-state index contributed by atoms with van der Waals surface area (Å²) in [4.78, 5) is 13.1. The van der Waals surface area contributed by atoms with Crippen LogP contribution >= 0.6 is 0 Å². The summed E-state index contributed by atoms with van der Waals surface area (Å²) in [5.41, 5.74) is 0.983. The highest BCUT2D eigenvalue weighted by Gasteiger charge is 2.37. The molecule has 37 heavy (non-hydrogen) atoms. The third kappa shape index (κ3) is 6.35. The van der Waals surface area contributed by atoms with Crippen LogP contribution in [0.25, 0.3) is 0 Å². The van der Waals surface area contributed by atoms with Gasteiger partial charge in [0.1, 0.15) is 11.4 Å². The molecule has 0 aliphatic rings. The van der Waals surface area contributed by atoms with Gasteiger partial charge in [0.25, 0.3) is 0 Å². The van der Waals surface area contributed by atoms with E-state index < -0.39 is 11.7 Å². The first-order valence-electron chi connectivity index (χ1n) is 12.1. The molecule has 0 aliphatic carbocycles. The van der Waals surface area contributed by atoms with Gasteiger partial charge in [-0.3, -0.25) is 0 Å². The lowest BCUT2D eigenvalue weighted by atomic mass is 9.83. The van der Waals surface area contributed by atoms with Gasteiger partial charge < -0.3 is 29.5 Å². The fourth-order valence-electron chi connectivity index (χ4n) is 4.14. The Labute approximate surface area is 215 Å². The lowest BCUT2D eigenvalue weighted by molar-refractivity contribution is 0.115. The van der Waals surface area contributed by atoms with E-state index in [4.69, 9.17) is 14.4 Å². The number of hydrogen-bond donors (Lipinski definition) is 3. The van der Waals surface area contributed by atoms with E-state index in [0.29, 0.717) is 42.1 Å². The van der Waals surface area contributed by atoms with Gasteiger partial charge in [0.05, 0.1) is 13.2 Å². The van der Waals surface area contributed by atoms with E-state index in [1.54, 1.807) is 6.07 Å². The SMILES string of the molecule is O=C(O)N(CCCOc1ccc(CCO)cc1)Cc1cc(C(O)(c2ccccc2)c2ccccc2)no1. The molecule has 3 aromatic carbocycles. The molecule has 0 bridgehead atoms. The Morgan fingerprint density at radius 3 is 2.14 bits per heavy atom. The fourth-order valence-corrected chi connectivity index (χ4v) is 4.14. The molecule has 8 heteroatoms. The maximum atomic E-state index is 11.9. The number of aromatic nitrogens is 1. The van der Waals surface area contributed by atoms with Crippen molar-refractivity contribution in [3.05, 3.63) is 119 Å². The Morgan fingerprint density at radius 2 is 1.57 bits per heavy atom. The zero-order valence-electron chi connectivity index (χ0n) is 20.4. The van der Waals surface area contributed by atoms with E-state index in [-0.39, 0.29) is 25.4 Å². The second-order valence-corrected chi connectivity index (χ2v) is 8.64. The summed E-state index contributed by atoms with van der Waals surface area (Å²) in [6, 6.07) is 27.4. The second kappa shape index (κ2) is 12.2. The Bertz CT molecular complexity index is 1220. The molecule has 0 atom stereocenters. The second-order valence-electron chi connectivity index (χ2n) is 8.64. The zero-order chi connectivity index (χ0) is 26.1. The van der Waals surface area contributed by atoms with Crippen LogP contribution < -0.4 is 4.74 Å². The third-order valence-electron chi connectivity index (χ3n) is 6.09. The fraction of sp³-hybridized carbons (Fsp3) is 0.241. The topological polar surface area (TPSA) is 116 Å². The van der Waals surface area contributed by atoms with E-state index in [1.807, 2.05) is 84.9 Å². The van der Waals surface area contributed by atoms with Crippen molar-refractivity contribution in [3.63, 3.8) is 0 Å². The van der Waals surface area contributed by atoms with Crippen molar-refractivity contribution in [3.8, 4) is 5.75 Å². The molecule has 0 unspecified atom stereocenters. The van der Waals surface area contributed by atoms with Gasteiger partial charge in [0, 0.05) is 19.2 Å². The normalized spacial score (nSPS) is 11.3. The van der Waals surface area contributed by atoms with Crippen LogP contribution in [0.5, 0.6) is 5.75 Å². The predicted octanol–water partition coefficient (Wildman–Crippen LogP) is 4.44. The summed E-state index contributed by atoms with van der Waals surface area (Å²) >= 11 is 0. The first-order valence-corrected chi connectivity index (χ1v) is 12.1. The molecule has 0 saturated heterocycles. The van der Waals surface area contributed by atoms with E-state index in [0.717, 1.165) is 5.56 Å². The van der Waals surface area contributed by atoms with Crippen LogP contribution in [0.2, 0.25) is 0 Å². The minimum Gasteiger partial charge on any atom is -0.494 e. The number of aliphatic hydroxyl groups is 2. The zero-order valence-corrected chi connectivity index (χ0v) is 20.4. The maximum Gasteiger partial charge on any atom is 0.407 e. The van der Waals surface area contributed by atoms with Gasteiger partial charge in [-0.05, 0) is 41.7 Å². The van der Waals surface area contributed by atoms with Crippen LogP contribution in [-0.2, 0) is 18.6 Å². The Hall–Kier alpha value is -4.14. The molecule has 0 radical (unpaired) electrons. The number of carbonyl (C=O) groups is 1. The van der Waals surface area contributed by atoms with Crippen LogP contribution in [-0.4, -0.2) is 51.2 Å². The lowest BCUT2D eigenvalue weighted by Gasteiger charge is -2.27. The highest BCUT2D eigenvalue weighted by molar-refractivity contribution is 5.64. The quantitative estimate of drug-likeness (QED) is 0.245. The van der Waals surface area contributed by atoms with Gasteiger partial charge in [-0.1, -0.05) is 78.0 Å². The van der Waals surface area contributed by atoms with Gasteiger partial charge in [0.2, 0.25) is 0 Å². The standard InChI is InChI=1S/C29H30N2O6/c32-18-16-22-12-14-25(15-13-22)36-19-7-17-31(28(33)34)21-26-20-27(30-37-26)29(35,23-8-3-1-4-9-23)24-10-5-2-6-11-24/h1-6,8-15,20,32,35H,7,16-19,21H2,(H,33,34). The Morgan fingerprint density at radius 1 is 0.946 bits per heavy atom. The van der Waals surface area contributed by atoms with E-state index >= 15 is 0 Å². The first kappa shape index (κ1) is 25.9. The Kier molecular flexibility index (Phi) is 8.56. The first-order chi connectivity index (χ1) is 18.0. The van der Waals surface area contributed by atoms with Crippen molar-refractivity contribution in [2.75, 3.05) is 19.8 Å². The maximum absolute atomic E-state index is 11.9. The molecule has 4 aromatic rings. The minimum absolute atomic E-state index is 0.0160. The van der Waals surface area contributed by atoms with Crippen LogP contribution in [0.15, 0.2) is 95.5 Å². The van der Waals surface area contributed by atoms with Gasteiger partial charge in [-0.2, -0.15) is 0 Å². The van der Waals surface area contributed by atoms with Crippen molar-refractivity contribution in [2.24, 2.45) is 0 Å². The summed E-state index contributed by atoms with van der Waals surface area (Å²) in [7, 11) is 0. The molecular weight excluding hydrogens is 472 g/mol. The molecule has 3 N–H and O–H groups in total. The van der Waals surface area contributed by atoms with Crippen molar-refractivity contribution < 1.29 is 29.4 Å². The molecule has 0 aliphatic heterocycles. The summed E-state index contributed by atoms with van der Waals surface area (Å²) < 4.78 is 11.2. The number of rotatable bonds is 12. The van der Waals surface area contributed by atoms with Crippen LogP contribution in [0.1, 0.15) is 34.6 Å². The number of aliphatic hydroxyl groups excluding tert-OH is 1. The average molecular weight is 503 g/mol. The van der Waals surface area contributed by atoms with Crippen molar-refractivity contribution >= 4 is 6.09 Å².